The molecule has 1 atom stereocenters. The van der Waals surface area contributed by atoms with E-state index in [-0.39, 0.29) is 12.6 Å². The highest BCUT2D eigenvalue weighted by molar-refractivity contribution is 6.35. The van der Waals surface area contributed by atoms with Crippen LogP contribution < -0.4 is 5.32 Å². The number of carboxylic acids is 1. The number of likely N-dealkylation sites (tertiary alicyclic amines) is 1. The van der Waals surface area contributed by atoms with Crippen LogP contribution in [0.3, 0.4) is 0 Å². The standard InChI is InChI=1S/C15H18Cl2N2O3/c16-12-4-1-5-13(17)11(12)6-7-18-15(22)19-8-2-3-10(9-19)14(20)21/h1,4-5,10H,2-3,6-9H2,(H,18,22)(H,20,21). The number of hydrogen-bond acceptors (Lipinski definition) is 2. The maximum absolute atomic E-state index is 12.1. The summed E-state index contributed by atoms with van der Waals surface area (Å²) in [4.78, 5) is 24.6. The van der Waals surface area contributed by atoms with E-state index in [4.69, 9.17) is 28.3 Å². The lowest BCUT2D eigenvalue weighted by atomic mass is 9.99. The van der Waals surface area contributed by atoms with Crippen LogP contribution in [0.25, 0.3) is 0 Å². The Balaban J connectivity index is 1.84. The number of carbonyl (C=O) groups excluding carboxylic acids is 1. The summed E-state index contributed by atoms with van der Waals surface area (Å²) in [7, 11) is 0. The zero-order chi connectivity index (χ0) is 16.1. The largest absolute Gasteiger partial charge is 0.481 e. The number of nitrogens with zero attached hydrogens (tertiary/aromatic N) is 1. The molecule has 1 heterocycles. The van der Waals surface area contributed by atoms with Gasteiger partial charge in [0.05, 0.1) is 5.92 Å². The first-order valence-corrected chi connectivity index (χ1v) is 7.93. The number of halogens is 2. The predicted molar refractivity (Wildman–Crippen MR) is 85.5 cm³/mol. The van der Waals surface area contributed by atoms with Gasteiger partial charge in [0.25, 0.3) is 0 Å². The maximum Gasteiger partial charge on any atom is 0.317 e. The Labute approximate surface area is 139 Å². The molecule has 1 aromatic carbocycles. The molecule has 0 saturated carbocycles. The van der Waals surface area contributed by atoms with Gasteiger partial charge in [-0.05, 0) is 37.0 Å². The van der Waals surface area contributed by atoms with Crippen LogP contribution in [0, 0.1) is 5.92 Å². The first-order valence-electron chi connectivity index (χ1n) is 7.17. The fourth-order valence-electron chi connectivity index (χ4n) is 2.54. The van der Waals surface area contributed by atoms with Crippen molar-refractivity contribution in [3.63, 3.8) is 0 Å². The molecule has 7 heteroatoms. The fraction of sp³-hybridized carbons (Fsp3) is 0.467. The van der Waals surface area contributed by atoms with E-state index < -0.39 is 11.9 Å². The molecule has 0 radical (unpaired) electrons. The summed E-state index contributed by atoms with van der Waals surface area (Å²) < 4.78 is 0. The number of piperidine rings is 1. The number of rotatable bonds is 4. The van der Waals surface area contributed by atoms with E-state index in [1.54, 1.807) is 23.1 Å². The van der Waals surface area contributed by atoms with Crippen LogP contribution in [-0.2, 0) is 11.2 Å². The lowest BCUT2D eigenvalue weighted by molar-refractivity contribution is -0.143. The van der Waals surface area contributed by atoms with E-state index in [1.165, 1.54) is 0 Å². The summed E-state index contributed by atoms with van der Waals surface area (Å²) in [6.07, 6.45) is 1.86. The Hall–Kier alpha value is -1.46. The quantitative estimate of drug-likeness (QED) is 0.881. The van der Waals surface area contributed by atoms with Gasteiger partial charge in [-0.3, -0.25) is 4.79 Å². The van der Waals surface area contributed by atoms with Crippen LogP contribution in [0.1, 0.15) is 18.4 Å². The van der Waals surface area contributed by atoms with Crippen LogP contribution in [0.4, 0.5) is 4.79 Å². The minimum Gasteiger partial charge on any atom is -0.481 e. The van der Waals surface area contributed by atoms with Crippen molar-refractivity contribution in [2.75, 3.05) is 19.6 Å². The molecule has 1 fully saturated rings. The molecule has 0 spiro atoms. The topological polar surface area (TPSA) is 69.6 Å². The zero-order valence-electron chi connectivity index (χ0n) is 12.0. The lowest BCUT2D eigenvalue weighted by Crippen LogP contribution is -2.47. The van der Waals surface area contributed by atoms with Gasteiger partial charge in [-0.2, -0.15) is 0 Å². The zero-order valence-corrected chi connectivity index (χ0v) is 13.5. The molecule has 2 rings (SSSR count). The minimum atomic E-state index is -0.847. The van der Waals surface area contributed by atoms with E-state index in [1.807, 2.05) is 0 Å². The second-order valence-corrected chi connectivity index (χ2v) is 6.12. The molecule has 0 aliphatic carbocycles. The molecule has 0 aromatic heterocycles. The van der Waals surface area contributed by atoms with E-state index in [9.17, 15) is 9.59 Å². The van der Waals surface area contributed by atoms with Crippen molar-refractivity contribution in [2.45, 2.75) is 19.3 Å². The maximum atomic E-state index is 12.1. The normalized spacial score (nSPS) is 18.1. The Morgan fingerprint density at radius 1 is 1.32 bits per heavy atom. The van der Waals surface area contributed by atoms with Gasteiger partial charge in [0, 0.05) is 29.7 Å². The molecule has 1 aromatic rings. The highest BCUT2D eigenvalue weighted by Gasteiger charge is 2.27. The second kappa shape index (κ2) is 7.70. The number of carbonyl (C=O) groups is 2. The average molecular weight is 345 g/mol. The fourth-order valence-corrected chi connectivity index (χ4v) is 3.13. The number of carboxylic acid groups (broad SMARTS) is 1. The Morgan fingerprint density at radius 2 is 2.00 bits per heavy atom. The lowest BCUT2D eigenvalue weighted by Gasteiger charge is -2.30. The average Bonchev–Trinajstić information content (AvgIpc) is 2.50. The molecule has 1 unspecified atom stereocenters. The first kappa shape index (κ1) is 16.9. The first-order chi connectivity index (χ1) is 10.5. The van der Waals surface area contributed by atoms with E-state index in [0.29, 0.717) is 42.4 Å². The number of amides is 2. The third-order valence-electron chi connectivity index (χ3n) is 3.77. The monoisotopic (exact) mass is 344 g/mol. The van der Waals surface area contributed by atoms with Gasteiger partial charge in [0.2, 0.25) is 0 Å². The Bertz CT molecular complexity index is 545. The van der Waals surface area contributed by atoms with Gasteiger partial charge >= 0.3 is 12.0 Å². The Kier molecular flexibility index (Phi) is 5.91. The molecule has 0 bridgehead atoms. The number of urea groups is 1. The van der Waals surface area contributed by atoms with Crippen molar-refractivity contribution in [2.24, 2.45) is 5.92 Å². The molecule has 1 saturated heterocycles. The third kappa shape index (κ3) is 4.27. The van der Waals surface area contributed by atoms with Crippen molar-refractivity contribution >= 4 is 35.2 Å². The molecule has 1 aliphatic heterocycles. The minimum absolute atomic E-state index is 0.242. The van der Waals surface area contributed by atoms with E-state index in [0.717, 1.165) is 5.56 Å². The van der Waals surface area contributed by atoms with Crippen LogP contribution >= 0.6 is 23.2 Å². The van der Waals surface area contributed by atoms with Crippen LogP contribution in [0.2, 0.25) is 10.0 Å². The van der Waals surface area contributed by atoms with E-state index in [2.05, 4.69) is 5.32 Å². The van der Waals surface area contributed by atoms with Crippen molar-refractivity contribution in [3.05, 3.63) is 33.8 Å². The second-order valence-electron chi connectivity index (χ2n) is 5.31. The number of aliphatic carboxylic acids is 1. The SMILES string of the molecule is O=C(O)C1CCCN(C(=O)NCCc2c(Cl)cccc2Cl)C1. The predicted octanol–water partition coefficient (Wildman–Crippen LogP) is 3.04. The number of benzene rings is 1. The third-order valence-corrected chi connectivity index (χ3v) is 4.48. The summed E-state index contributed by atoms with van der Waals surface area (Å²) in [6.45, 7) is 1.24. The molecule has 1 aliphatic rings. The van der Waals surface area contributed by atoms with E-state index >= 15 is 0 Å². The highest BCUT2D eigenvalue weighted by atomic mass is 35.5. The molecule has 2 amide bonds. The summed E-state index contributed by atoms with van der Waals surface area (Å²) >= 11 is 12.1. The molecule has 22 heavy (non-hydrogen) atoms. The summed E-state index contributed by atoms with van der Waals surface area (Å²) in [5.41, 5.74) is 0.799. The van der Waals surface area contributed by atoms with Crippen molar-refractivity contribution in [1.29, 1.82) is 0 Å². The van der Waals surface area contributed by atoms with Crippen LogP contribution in [0.5, 0.6) is 0 Å². The molecule has 2 N–H and O–H groups in total. The van der Waals surface area contributed by atoms with Crippen molar-refractivity contribution < 1.29 is 14.7 Å². The van der Waals surface area contributed by atoms with Gasteiger partial charge in [-0.1, -0.05) is 29.3 Å². The van der Waals surface area contributed by atoms with Gasteiger partial charge in [0.15, 0.2) is 0 Å². The Morgan fingerprint density at radius 3 is 2.64 bits per heavy atom. The van der Waals surface area contributed by atoms with Crippen LogP contribution in [0.15, 0.2) is 18.2 Å². The smallest absolute Gasteiger partial charge is 0.317 e. The van der Waals surface area contributed by atoms with Gasteiger partial charge in [0.1, 0.15) is 0 Å². The van der Waals surface area contributed by atoms with Gasteiger partial charge < -0.3 is 15.3 Å². The molecule has 120 valence electrons. The molecular formula is C15H18Cl2N2O3. The number of hydrogen-bond donors (Lipinski definition) is 2. The van der Waals surface area contributed by atoms with Crippen molar-refractivity contribution in [1.82, 2.24) is 10.2 Å². The van der Waals surface area contributed by atoms with Gasteiger partial charge in [-0.25, -0.2) is 4.79 Å². The van der Waals surface area contributed by atoms with Gasteiger partial charge in [-0.15, -0.1) is 0 Å². The summed E-state index contributed by atoms with van der Waals surface area (Å²) in [6, 6.07) is 5.04. The van der Waals surface area contributed by atoms with Crippen molar-refractivity contribution in [3.8, 4) is 0 Å². The molecule has 5 nitrogen and oxygen atoms in total. The summed E-state index contributed by atoms with van der Waals surface area (Å²) in [5, 5.41) is 13.0. The highest BCUT2D eigenvalue weighted by Crippen LogP contribution is 2.24. The summed E-state index contributed by atoms with van der Waals surface area (Å²) in [5.74, 6) is -1.32. The number of nitrogens with one attached hydrogen (secondary N) is 1. The molecular weight excluding hydrogens is 327 g/mol. The van der Waals surface area contributed by atoms with Crippen LogP contribution in [-0.4, -0.2) is 41.6 Å².